The number of pyridine rings is 1. The van der Waals surface area contributed by atoms with Gasteiger partial charge in [-0.15, -0.1) is 0 Å². The van der Waals surface area contributed by atoms with Crippen LogP contribution >= 0.6 is 0 Å². The standard InChI is InChI=1S/C11H17N3O/c1-8-10(4-6-15-8)14(2)11-3-5-13-7-9(11)12/h3,5,7-8,10H,4,6,12H2,1-2H3. The van der Waals surface area contributed by atoms with Gasteiger partial charge in [0.1, 0.15) is 0 Å². The zero-order valence-electron chi connectivity index (χ0n) is 9.18. The first-order valence-corrected chi connectivity index (χ1v) is 5.24. The molecule has 0 spiro atoms. The van der Waals surface area contributed by atoms with E-state index >= 15 is 0 Å². The van der Waals surface area contributed by atoms with E-state index in [0.717, 1.165) is 24.4 Å². The first-order chi connectivity index (χ1) is 7.20. The SMILES string of the molecule is CC1OCCC1N(C)c1ccncc1N. The summed E-state index contributed by atoms with van der Waals surface area (Å²) in [6.45, 7) is 2.94. The number of hydrogen-bond acceptors (Lipinski definition) is 4. The number of nitrogens with zero attached hydrogens (tertiary/aromatic N) is 2. The highest BCUT2D eigenvalue weighted by Gasteiger charge is 2.28. The van der Waals surface area contributed by atoms with Gasteiger partial charge < -0.3 is 15.4 Å². The first-order valence-electron chi connectivity index (χ1n) is 5.24. The van der Waals surface area contributed by atoms with Crippen LogP contribution in [0.15, 0.2) is 18.5 Å². The summed E-state index contributed by atoms with van der Waals surface area (Å²) < 4.78 is 5.55. The Morgan fingerprint density at radius 3 is 3.00 bits per heavy atom. The van der Waals surface area contributed by atoms with Gasteiger partial charge in [-0.2, -0.15) is 0 Å². The Hall–Kier alpha value is -1.29. The Kier molecular flexibility index (Phi) is 2.77. The number of ether oxygens (including phenoxy) is 1. The molecule has 1 aliphatic heterocycles. The molecular formula is C11H17N3O. The van der Waals surface area contributed by atoms with Crippen molar-refractivity contribution in [2.45, 2.75) is 25.5 Å². The minimum Gasteiger partial charge on any atom is -0.396 e. The van der Waals surface area contributed by atoms with Crippen molar-refractivity contribution in [3.8, 4) is 0 Å². The van der Waals surface area contributed by atoms with Crippen molar-refractivity contribution >= 4 is 11.4 Å². The van der Waals surface area contributed by atoms with Crippen molar-refractivity contribution in [2.75, 3.05) is 24.3 Å². The average Bonchev–Trinajstić information content (AvgIpc) is 2.64. The van der Waals surface area contributed by atoms with Crippen LogP contribution in [-0.2, 0) is 4.74 Å². The molecule has 2 N–H and O–H groups in total. The van der Waals surface area contributed by atoms with Crippen LogP contribution < -0.4 is 10.6 Å². The lowest BCUT2D eigenvalue weighted by molar-refractivity contribution is 0.118. The van der Waals surface area contributed by atoms with Crippen molar-refractivity contribution in [2.24, 2.45) is 0 Å². The zero-order valence-corrected chi connectivity index (χ0v) is 9.18. The Bertz CT molecular complexity index is 342. The van der Waals surface area contributed by atoms with Gasteiger partial charge >= 0.3 is 0 Å². The summed E-state index contributed by atoms with van der Waals surface area (Å²) in [6, 6.07) is 2.36. The molecule has 1 aromatic rings. The van der Waals surface area contributed by atoms with Crippen LogP contribution in [0.25, 0.3) is 0 Å². The lowest BCUT2D eigenvalue weighted by atomic mass is 10.1. The van der Waals surface area contributed by atoms with E-state index in [9.17, 15) is 0 Å². The third-order valence-electron chi connectivity index (χ3n) is 3.04. The molecule has 82 valence electrons. The molecule has 0 bridgehead atoms. The fourth-order valence-electron chi connectivity index (χ4n) is 2.13. The smallest absolute Gasteiger partial charge is 0.0750 e. The molecule has 2 atom stereocenters. The lowest BCUT2D eigenvalue weighted by Gasteiger charge is -2.29. The second-order valence-corrected chi connectivity index (χ2v) is 3.98. The molecular weight excluding hydrogens is 190 g/mol. The molecule has 1 saturated heterocycles. The van der Waals surface area contributed by atoms with Gasteiger partial charge in [-0.25, -0.2) is 0 Å². The second kappa shape index (κ2) is 4.06. The van der Waals surface area contributed by atoms with E-state index in [1.165, 1.54) is 0 Å². The van der Waals surface area contributed by atoms with Gasteiger partial charge in [0.05, 0.1) is 29.7 Å². The molecule has 0 amide bonds. The molecule has 1 aliphatic rings. The van der Waals surface area contributed by atoms with Crippen molar-refractivity contribution < 1.29 is 4.74 Å². The number of aromatic nitrogens is 1. The number of nitrogens with two attached hydrogens (primary N) is 1. The maximum atomic E-state index is 5.89. The van der Waals surface area contributed by atoms with Gasteiger partial charge in [0.15, 0.2) is 0 Å². The van der Waals surface area contributed by atoms with Gasteiger partial charge in [-0.05, 0) is 19.4 Å². The number of likely N-dealkylation sites (N-methyl/N-ethyl adjacent to an activating group) is 1. The highest BCUT2D eigenvalue weighted by atomic mass is 16.5. The topological polar surface area (TPSA) is 51.4 Å². The van der Waals surface area contributed by atoms with E-state index in [2.05, 4.69) is 23.9 Å². The van der Waals surface area contributed by atoms with Gasteiger partial charge in [0.25, 0.3) is 0 Å². The van der Waals surface area contributed by atoms with Crippen LogP contribution in [0.1, 0.15) is 13.3 Å². The first kappa shape index (κ1) is 10.2. The molecule has 1 aromatic heterocycles. The quantitative estimate of drug-likeness (QED) is 0.793. The lowest BCUT2D eigenvalue weighted by Crippen LogP contribution is -2.37. The highest BCUT2D eigenvalue weighted by molar-refractivity contribution is 5.66. The van der Waals surface area contributed by atoms with E-state index in [4.69, 9.17) is 10.5 Å². The minimum absolute atomic E-state index is 0.266. The van der Waals surface area contributed by atoms with Gasteiger partial charge in [0, 0.05) is 19.9 Å². The van der Waals surface area contributed by atoms with Gasteiger partial charge in [-0.3, -0.25) is 4.98 Å². The molecule has 15 heavy (non-hydrogen) atoms. The van der Waals surface area contributed by atoms with Crippen LogP contribution in [0.3, 0.4) is 0 Å². The van der Waals surface area contributed by atoms with Crippen LogP contribution in [0.5, 0.6) is 0 Å². The highest BCUT2D eigenvalue weighted by Crippen LogP contribution is 2.27. The Morgan fingerprint density at radius 1 is 1.60 bits per heavy atom. The van der Waals surface area contributed by atoms with Crippen molar-refractivity contribution in [1.82, 2.24) is 4.98 Å². The van der Waals surface area contributed by atoms with E-state index in [0.29, 0.717) is 6.04 Å². The van der Waals surface area contributed by atoms with E-state index in [1.807, 2.05) is 6.07 Å². The molecule has 4 nitrogen and oxygen atoms in total. The third kappa shape index (κ3) is 1.90. The Balaban J connectivity index is 2.20. The predicted molar refractivity (Wildman–Crippen MR) is 60.9 cm³/mol. The molecule has 2 heterocycles. The maximum absolute atomic E-state index is 5.89. The third-order valence-corrected chi connectivity index (χ3v) is 3.04. The summed E-state index contributed by atoms with van der Waals surface area (Å²) in [7, 11) is 2.06. The summed E-state index contributed by atoms with van der Waals surface area (Å²) in [5.41, 5.74) is 7.65. The molecule has 1 fully saturated rings. The van der Waals surface area contributed by atoms with E-state index in [1.54, 1.807) is 12.4 Å². The van der Waals surface area contributed by atoms with Crippen molar-refractivity contribution in [1.29, 1.82) is 0 Å². The zero-order chi connectivity index (χ0) is 10.8. The maximum Gasteiger partial charge on any atom is 0.0750 e. The van der Waals surface area contributed by atoms with Gasteiger partial charge in [-0.1, -0.05) is 0 Å². The summed E-state index contributed by atoms with van der Waals surface area (Å²) in [5.74, 6) is 0. The fourth-order valence-corrected chi connectivity index (χ4v) is 2.13. The number of anilines is 2. The summed E-state index contributed by atoms with van der Waals surface area (Å²) in [4.78, 5) is 6.18. The molecule has 0 saturated carbocycles. The predicted octanol–water partition coefficient (Wildman–Crippen LogP) is 1.28. The molecule has 0 radical (unpaired) electrons. The van der Waals surface area contributed by atoms with Crippen LogP contribution in [0, 0.1) is 0 Å². The summed E-state index contributed by atoms with van der Waals surface area (Å²) >= 11 is 0. The number of nitrogen functional groups attached to an aromatic ring is 1. The fraction of sp³-hybridized carbons (Fsp3) is 0.545. The number of hydrogen-bond donors (Lipinski definition) is 1. The van der Waals surface area contributed by atoms with Crippen LogP contribution in [0.4, 0.5) is 11.4 Å². The molecule has 0 aromatic carbocycles. The summed E-state index contributed by atoms with van der Waals surface area (Å²) in [6.07, 6.45) is 4.77. The van der Waals surface area contributed by atoms with Crippen molar-refractivity contribution in [3.05, 3.63) is 18.5 Å². The molecule has 4 heteroatoms. The largest absolute Gasteiger partial charge is 0.396 e. The molecule has 2 unspecified atom stereocenters. The van der Waals surface area contributed by atoms with Crippen LogP contribution in [-0.4, -0.2) is 30.8 Å². The van der Waals surface area contributed by atoms with Crippen molar-refractivity contribution in [3.63, 3.8) is 0 Å². The normalized spacial score (nSPS) is 25.5. The summed E-state index contributed by atoms with van der Waals surface area (Å²) in [5, 5.41) is 0. The van der Waals surface area contributed by atoms with E-state index in [-0.39, 0.29) is 6.10 Å². The monoisotopic (exact) mass is 207 g/mol. The minimum atomic E-state index is 0.266. The van der Waals surface area contributed by atoms with Crippen LogP contribution in [0.2, 0.25) is 0 Å². The number of rotatable bonds is 2. The average molecular weight is 207 g/mol. The molecule has 2 rings (SSSR count). The Labute approximate surface area is 90.0 Å². The molecule has 0 aliphatic carbocycles. The Morgan fingerprint density at radius 2 is 2.40 bits per heavy atom. The van der Waals surface area contributed by atoms with E-state index < -0.39 is 0 Å². The second-order valence-electron chi connectivity index (χ2n) is 3.98. The van der Waals surface area contributed by atoms with Gasteiger partial charge in [0.2, 0.25) is 0 Å².